The minimum Gasteiger partial charge on any atom is -0.496 e. The molecule has 0 bridgehead atoms. The Morgan fingerprint density at radius 1 is 0.704 bits per heavy atom. The van der Waals surface area contributed by atoms with Crippen LogP contribution in [0.25, 0.3) is 0 Å². The van der Waals surface area contributed by atoms with E-state index in [2.05, 4.69) is 83.4 Å². The van der Waals surface area contributed by atoms with Crippen molar-refractivity contribution in [2.75, 3.05) is 26.7 Å². The highest BCUT2D eigenvalue weighted by Gasteiger charge is 2.12. The number of ether oxygens (including phenoxy) is 1. The van der Waals surface area contributed by atoms with Crippen molar-refractivity contribution in [1.29, 1.82) is 0 Å². The number of hydrogen-bond donors (Lipinski definition) is 2. The summed E-state index contributed by atoms with van der Waals surface area (Å²) in [6.45, 7) is 2.76. The van der Waals surface area contributed by atoms with Gasteiger partial charge in [0.2, 0.25) is 0 Å². The Labute approximate surface area is 162 Å². The molecule has 2 N–H and O–H groups in total. The molecule has 0 atom stereocenters. The molecule has 0 saturated carbocycles. The van der Waals surface area contributed by atoms with Crippen LogP contribution in [0.5, 0.6) is 5.75 Å². The predicted octanol–water partition coefficient (Wildman–Crippen LogP) is 4.21. The van der Waals surface area contributed by atoms with Gasteiger partial charge in [-0.3, -0.25) is 0 Å². The van der Waals surface area contributed by atoms with Crippen molar-refractivity contribution in [3.63, 3.8) is 0 Å². The molecule has 3 rings (SSSR count). The summed E-state index contributed by atoms with van der Waals surface area (Å²) in [4.78, 5) is 0. The van der Waals surface area contributed by atoms with E-state index >= 15 is 0 Å². The quantitative estimate of drug-likeness (QED) is 0.532. The van der Waals surface area contributed by atoms with Gasteiger partial charge in [-0.05, 0) is 35.7 Å². The van der Waals surface area contributed by atoms with Gasteiger partial charge in [0.25, 0.3) is 0 Å². The SMILES string of the molecule is COc1ccccc1CCNCCNC(c1ccccc1)c1ccccc1. The third-order valence-corrected chi connectivity index (χ3v) is 4.68. The monoisotopic (exact) mass is 360 g/mol. The molecule has 140 valence electrons. The summed E-state index contributed by atoms with van der Waals surface area (Å²) in [6, 6.07) is 29.6. The van der Waals surface area contributed by atoms with Crippen molar-refractivity contribution in [3.8, 4) is 5.75 Å². The largest absolute Gasteiger partial charge is 0.496 e. The number of para-hydroxylation sites is 1. The average molecular weight is 361 g/mol. The zero-order chi connectivity index (χ0) is 18.7. The first kappa shape index (κ1) is 19.2. The molecule has 27 heavy (non-hydrogen) atoms. The van der Waals surface area contributed by atoms with Crippen LogP contribution in [0.15, 0.2) is 84.9 Å². The molecular weight excluding hydrogens is 332 g/mol. The lowest BCUT2D eigenvalue weighted by Crippen LogP contribution is -2.31. The van der Waals surface area contributed by atoms with Gasteiger partial charge in [0.05, 0.1) is 13.2 Å². The molecule has 0 radical (unpaired) electrons. The topological polar surface area (TPSA) is 33.3 Å². The standard InChI is InChI=1S/C24H28N2O/c1-27-23-15-9-8-10-20(23)16-17-25-18-19-26-24(21-11-4-2-5-12-21)22-13-6-3-7-14-22/h2-15,24-26H,16-19H2,1H3. The smallest absolute Gasteiger partial charge is 0.122 e. The Bertz CT molecular complexity index is 750. The Morgan fingerprint density at radius 3 is 1.93 bits per heavy atom. The lowest BCUT2D eigenvalue weighted by Gasteiger charge is -2.20. The van der Waals surface area contributed by atoms with Crippen molar-refractivity contribution < 1.29 is 4.74 Å². The maximum atomic E-state index is 5.41. The Kier molecular flexibility index (Phi) is 7.45. The molecular formula is C24H28N2O. The summed E-state index contributed by atoms with van der Waals surface area (Å²) >= 11 is 0. The summed E-state index contributed by atoms with van der Waals surface area (Å²) in [5.74, 6) is 0.964. The van der Waals surface area contributed by atoms with Crippen molar-refractivity contribution in [2.24, 2.45) is 0 Å². The van der Waals surface area contributed by atoms with Crippen LogP contribution in [0.4, 0.5) is 0 Å². The van der Waals surface area contributed by atoms with E-state index < -0.39 is 0 Å². The lowest BCUT2D eigenvalue weighted by molar-refractivity contribution is 0.409. The number of benzene rings is 3. The Hall–Kier alpha value is -2.62. The van der Waals surface area contributed by atoms with Gasteiger partial charge in [-0.25, -0.2) is 0 Å². The number of hydrogen-bond acceptors (Lipinski definition) is 3. The maximum Gasteiger partial charge on any atom is 0.122 e. The van der Waals surface area contributed by atoms with Gasteiger partial charge in [0.15, 0.2) is 0 Å². The Balaban J connectivity index is 1.48. The van der Waals surface area contributed by atoms with Gasteiger partial charge in [-0.2, -0.15) is 0 Å². The summed E-state index contributed by atoms with van der Waals surface area (Å²) in [6.07, 6.45) is 0.963. The van der Waals surface area contributed by atoms with Gasteiger partial charge in [0.1, 0.15) is 5.75 Å². The fourth-order valence-corrected chi connectivity index (χ4v) is 3.28. The molecule has 0 aromatic heterocycles. The minimum absolute atomic E-state index is 0.211. The van der Waals surface area contributed by atoms with E-state index in [1.54, 1.807) is 7.11 Å². The number of rotatable bonds is 10. The fraction of sp³-hybridized carbons (Fsp3) is 0.250. The second-order valence-electron chi connectivity index (χ2n) is 6.52. The highest BCUT2D eigenvalue weighted by atomic mass is 16.5. The summed E-state index contributed by atoms with van der Waals surface area (Å²) < 4.78 is 5.41. The summed E-state index contributed by atoms with van der Waals surface area (Å²) in [5, 5.41) is 7.21. The van der Waals surface area contributed by atoms with E-state index in [-0.39, 0.29) is 6.04 Å². The van der Waals surface area contributed by atoms with E-state index in [1.807, 2.05) is 12.1 Å². The van der Waals surface area contributed by atoms with Crippen molar-refractivity contribution >= 4 is 0 Å². The highest BCUT2D eigenvalue weighted by molar-refractivity contribution is 5.33. The van der Waals surface area contributed by atoms with E-state index in [9.17, 15) is 0 Å². The minimum atomic E-state index is 0.211. The van der Waals surface area contributed by atoms with Crippen LogP contribution in [0.3, 0.4) is 0 Å². The van der Waals surface area contributed by atoms with Crippen LogP contribution in [0, 0.1) is 0 Å². The first-order chi connectivity index (χ1) is 13.4. The molecule has 0 amide bonds. The molecule has 0 aliphatic rings. The van der Waals surface area contributed by atoms with E-state index in [1.165, 1.54) is 16.7 Å². The first-order valence-corrected chi connectivity index (χ1v) is 9.54. The lowest BCUT2D eigenvalue weighted by atomic mass is 9.99. The molecule has 0 saturated heterocycles. The van der Waals surface area contributed by atoms with Crippen LogP contribution in [0.2, 0.25) is 0 Å². The molecule has 0 unspecified atom stereocenters. The molecule has 0 aliphatic carbocycles. The van der Waals surface area contributed by atoms with Gasteiger partial charge in [-0.1, -0.05) is 78.9 Å². The van der Waals surface area contributed by atoms with Crippen molar-refractivity contribution in [3.05, 3.63) is 102 Å². The number of methoxy groups -OCH3 is 1. The number of nitrogens with one attached hydrogen (secondary N) is 2. The Morgan fingerprint density at radius 2 is 1.30 bits per heavy atom. The second kappa shape index (κ2) is 10.5. The highest BCUT2D eigenvalue weighted by Crippen LogP contribution is 2.21. The molecule has 0 aliphatic heterocycles. The fourth-order valence-electron chi connectivity index (χ4n) is 3.28. The molecule has 0 heterocycles. The van der Waals surface area contributed by atoms with Gasteiger partial charge >= 0.3 is 0 Å². The molecule has 3 heteroatoms. The van der Waals surface area contributed by atoms with Crippen LogP contribution in [0.1, 0.15) is 22.7 Å². The van der Waals surface area contributed by atoms with Gasteiger partial charge in [-0.15, -0.1) is 0 Å². The van der Waals surface area contributed by atoms with E-state index in [0.29, 0.717) is 0 Å². The summed E-state index contributed by atoms with van der Waals surface area (Å²) in [5.41, 5.74) is 3.82. The summed E-state index contributed by atoms with van der Waals surface area (Å²) in [7, 11) is 1.73. The zero-order valence-corrected chi connectivity index (χ0v) is 15.9. The molecule has 0 fully saturated rings. The van der Waals surface area contributed by atoms with Crippen LogP contribution >= 0.6 is 0 Å². The van der Waals surface area contributed by atoms with Crippen LogP contribution in [-0.4, -0.2) is 26.7 Å². The van der Waals surface area contributed by atoms with Gasteiger partial charge in [0, 0.05) is 13.1 Å². The molecule has 3 aromatic rings. The zero-order valence-electron chi connectivity index (χ0n) is 15.9. The van der Waals surface area contributed by atoms with Crippen LogP contribution in [-0.2, 0) is 6.42 Å². The second-order valence-corrected chi connectivity index (χ2v) is 6.52. The third-order valence-electron chi connectivity index (χ3n) is 4.68. The maximum absolute atomic E-state index is 5.41. The molecule has 3 nitrogen and oxygen atoms in total. The van der Waals surface area contributed by atoms with E-state index in [0.717, 1.165) is 31.8 Å². The predicted molar refractivity (Wildman–Crippen MR) is 112 cm³/mol. The third kappa shape index (κ3) is 5.68. The van der Waals surface area contributed by atoms with Gasteiger partial charge < -0.3 is 15.4 Å². The van der Waals surface area contributed by atoms with Crippen molar-refractivity contribution in [2.45, 2.75) is 12.5 Å². The average Bonchev–Trinajstić information content (AvgIpc) is 2.75. The van der Waals surface area contributed by atoms with Crippen molar-refractivity contribution in [1.82, 2.24) is 10.6 Å². The normalized spacial score (nSPS) is 10.9. The van der Waals surface area contributed by atoms with Crippen LogP contribution < -0.4 is 15.4 Å². The molecule has 0 spiro atoms. The van der Waals surface area contributed by atoms with E-state index in [4.69, 9.17) is 4.74 Å². The first-order valence-electron chi connectivity index (χ1n) is 9.54. The molecule has 3 aromatic carbocycles.